The molecule has 0 bridgehead atoms. The summed E-state index contributed by atoms with van der Waals surface area (Å²) in [5, 5.41) is 3.46. The van der Waals surface area contributed by atoms with Crippen molar-refractivity contribution < 1.29 is 4.79 Å². The van der Waals surface area contributed by atoms with Gasteiger partial charge >= 0.3 is 0 Å². The van der Waals surface area contributed by atoms with E-state index in [0.717, 1.165) is 5.69 Å². The average Bonchev–Trinajstić information content (AvgIpc) is 2.15. The van der Waals surface area contributed by atoms with Crippen LogP contribution in [0, 0.1) is 0 Å². The zero-order valence-electron chi connectivity index (χ0n) is 10.3. The van der Waals surface area contributed by atoms with Gasteiger partial charge in [0.05, 0.1) is 15.7 Å². The highest BCUT2D eigenvalue weighted by Gasteiger charge is 2.24. The molecule has 0 heterocycles. The summed E-state index contributed by atoms with van der Waals surface area (Å²) in [5.74, 6) is -0.108. The molecule has 0 aliphatic carbocycles. The van der Waals surface area contributed by atoms with E-state index >= 15 is 0 Å². The van der Waals surface area contributed by atoms with Gasteiger partial charge in [-0.3, -0.25) is 4.79 Å². The first-order chi connectivity index (χ1) is 7.71. The molecule has 1 aromatic rings. The molecule has 1 rings (SSSR count). The van der Waals surface area contributed by atoms with Gasteiger partial charge in [0, 0.05) is 19.1 Å². The lowest BCUT2D eigenvalue weighted by atomic mass is 10.2. The fraction of sp³-hybridized carbons (Fsp3) is 0.417. The summed E-state index contributed by atoms with van der Waals surface area (Å²) in [4.78, 5) is 13.8. The van der Waals surface area contributed by atoms with E-state index in [1.54, 1.807) is 26.0 Å². The lowest BCUT2D eigenvalue weighted by Gasteiger charge is -2.21. The Labute approximate surface area is 115 Å². The molecule has 0 saturated carbocycles. The molecule has 0 radical (unpaired) electrons. The molecule has 0 aromatic heterocycles. The summed E-state index contributed by atoms with van der Waals surface area (Å²) in [6.07, 6.45) is 0. The SMILES string of the molecule is CN(C)c1ccc(Cl)cc1NC(=O)C(C)(C)Br. The van der Waals surface area contributed by atoms with Gasteiger partial charge in [-0.1, -0.05) is 27.5 Å². The van der Waals surface area contributed by atoms with Crippen LogP contribution in [0.2, 0.25) is 5.02 Å². The number of hydrogen-bond acceptors (Lipinski definition) is 2. The second kappa shape index (κ2) is 5.27. The first kappa shape index (κ1) is 14.3. The third-order valence-electron chi connectivity index (χ3n) is 2.23. The van der Waals surface area contributed by atoms with Crippen LogP contribution in [0.4, 0.5) is 11.4 Å². The summed E-state index contributed by atoms with van der Waals surface area (Å²) in [6, 6.07) is 5.42. The highest BCUT2D eigenvalue weighted by atomic mass is 79.9. The Morgan fingerprint density at radius 1 is 1.41 bits per heavy atom. The van der Waals surface area contributed by atoms with E-state index in [-0.39, 0.29) is 5.91 Å². The van der Waals surface area contributed by atoms with E-state index in [1.165, 1.54) is 0 Å². The molecule has 1 amide bonds. The van der Waals surface area contributed by atoms with Crippen molar-refractivity contribution in [3.05, 3.63) is 23.2 Å². The van der Waals surface area contributed by atoms with E-state index in [1.807, 2.05) is 25.1 Å². The molecule has 3 nitrogen and oxygen atoms in total. The van der Waals surface area contributed by atoms with Gasteiger partial charge in [0.1, 0.15) is 0 Å². The summed E-state index contributed by atoms with van der Waals surface area (Å²) in [5.41, 5.74) is 1.62. The normalized spacial score (nSPS) is 11.2. The molecule has 94 valence electrons. The third-order valence-corrected chi connectivity index (χ3v) is 2.82. The standard InChI is InChI=1S/C12H16BrClN2O/c1-12(2,13)11(17)15-9-7-8(14)5-6-10(9)16(3)4/h5-7H,1-4H3,(H,15,17). The Morgan fingerprint density at radius 2 is 2.00 bits per heavy atom. The molecule has 5 heteroatoms. The number of carbonyl (C=O) groups is 1. The Bertz CT molecular complexity index is 427. The smallest absolute Gasteiger partial charge is 0.240 e. The molecular weight excluding hydrogens is 304 g/mol. The number of amides is 1. The Morgan fingerprint density at radius 3 is 2.47 bits per heavy atom. The van der Waals surface area contributed by atoms with Crippen LogP contribution in [-0.2, 0) is 4.79 Å². The van der Waals surface area contributed by atoms with Crippen LogP contribution < -0.4 is 10.2 Å². The van der Waals surface area contributed by atoms with Crippen molar-refractivity contribution in [1.29, 1.82) is 0 Å². The summed E-state index contributed by atoms with van der Waals surface area (Å²) in [6.45, 7) is 3.59. The topological polar surface area (TPSA) is 32.3 Å². The largest absolute Gasteiger partial charge is 0.376 e. The predicted molar refractivity (Wildman–Crippen MR) is 77.4 cm³/mol. The maximum atomic E-state index is 11.9. The number of hydrogen-bond donors (Lipinski definition) is 1. The van der Waals surface area contributed by atoms with E-state index in [4.69, 9.17) is 11.6 Å². The number of anilines is 2. The monoisotopic (exact) mass is 318 g/mol. The van der Waals surface area contributed by atoms with Crippen LogP contribution in [0.3, 0.4) is 0 Å². The van der Waals surface area contributed by atoms with Crippen LogP contribution in [0.25, 0.3) is 0 Å². The molecule has 0 aliphatic rings. The van der Waals surface area contributed by atoms with Crippen molar-refractivity contribution in [2.24, 2.45) is 0 Å². The van der Waals surface area contributed by atoms with E-state index < -0.39 is 4.32 Å². The van der Waals surface area contributed by atoms with Crippen LogP contribution in [-0.4, -0.2) is 24.3 Å². The van der Waals surface area contributed by atoms with Gasteiger partial charge in [-0.15, -0.1) is 0 Å². The highest BCUT2D eigenvalue weighted by molar-refractivity contribution is 9.10. The van der Waals surface area contributed by atoms with Gasteiger partial charge in [-0.2, -0.15) is 0 Å². The molecule has 0 saturated heterocycles. The van der Waals surface area contributed by atoms with E-state index in [2.05, 4.69) is 21.2 Å². The Hall–Kier alpha value is -0.740. The average molecular weight is 320 g/mol. The van der Waals surface area contributed by atoms with Crippen molar-refractivity contribution in [3.8, 4) is 0 Å². The van der Waals surface area contributed by atoms with Crippen LogP contribution >= 0.6 is 27.5 Å². The lowest BCUT2D eigenvalue weighted by Crippen LogP contribution is -2.31. The van der Waals surface area contributed by atoms with Crippen LogP contribution in [0.5, 0.6) is 0 Å². The van der Waals surface area contributed by atoms with Gasteiger partial charge in [-0.25, -0.2) is 0 Å². The van der Waals surface area contributed by atoms with E-state index in [9.17, 15) is 4.79 Å². The number of carbonyl (C=O) groups excluding carboxylic acids is 1. The fourth-order valence-corrected chi connectivity index (χ4v) is 1.54. The maximum absolute atomic E-state index is 11.9. The zero-order valence-corrected chi connectivity index (χ0v) is 12.7. The molecule has 1 aromatic carbocycles. The Balaban J connectivity index is 3.05. The summed E-state index contributed by atoms with van der Waals surface area (Å²) < 4.78 is -0.612. The van der Waals surface area contributed by atoms with Gasteiger partial charge in [0.15, 0.2) is 0 Å². The number of rotatable bonds is 3. The van der Waals surface area contributed by atoms with Crippen LogP contribution in [0.1, 0.15) is 13.8 Å². The number of halogens is 2. The molecule has 0 aliphatic heterocycles. The molecule has 0 spiro atoms. The van der Waals surface area contributed by atoms with Gasteiger partial charge in [-0.05, 0) is 32.0 Å². The summed E-state index contributed by atoms with van der Waals surface area (Å²) >= 11 is 9.26. The number of alkyl halides is 1. The Kier molecular flexibility index (Phi) is 4.44. The third kappa shape index (κ3) is 3.89. The molecule has 17 heavy (non-hydrogen) atoms. The molecule has 0 unspecified atom stereocenters. The zero-order chi connectivity index (χ0) is 13.2. The highest BCUT2D eigenvalue weighted by Crippen LogP contribution is 2.29. The minimum atomic E-state index is -0.612. The lowest BCUT2D eigenvalue weighted by molar-refractivity contribution is -0.117. The fourth-order valence-electron chi connectivity index (χ4n) is 1.27. The number of nitrogens with one attached hydrogen (secondary N) is 1. The van der Waals surface area contributed by atoms with Crippen molar-refractivity contribution in [3.63, 3.8) is 0 Å². The first-order valence-corrected chi connectivity index (χ1v) is 6.36. The van der Waals surface area contributed by atoms with Crippen LogP contribution in [0.15, 0.2) is 18.2 Å². The minimum Gasteiger partial charge on any atom is -0.376 e. The predicted octanol–water partition coefficient (Wildman–Crippen LogP) is 3.52. The van der Waals surface area contributed by atoms with E-state index in [0.29, 0.717) is 10.7 Å². The second-order valence-corrected chi connectivity index (χ2v) is 6.90. The van der Waals surface area contributed by atoms with Crippen molar-refractivity contribution >= 4 is 44.8 Å². The molecule has 1 N–H and O–H groups in total. The number of nitrogens with zero attached hydrogens (tertiary/aromatic N) is 1. The molecule has 0 atom stereocenters. The maximum Gasteiger partial charge on any atom is 0.240 e. The summed E-state index contributed by atoms with van der Waals surface area (Å²) in [7, 11) is 3.83. The molecule has 0 fully saturated rings. The van der Waals surface area contributed by atoms with Crippen molar-refractivity contribution in [1.82, 2.24) is 0 Å². The first-order valence-electron chi connectivity index (χ1n) is 5.19. The van der Waals surface area contributed by atoms with Crippen molar-refractivity contribution in [2.45, 2.75) is 18.2 Å². The second-order valence-electron chi connectivity index (χ2n) is 4.48. The molecular formula is C12H16BrClN2O. The van der Waals surface area contributed by atoms with Gasteiger partial charge in [0.25, 0.3) is 0 Å². The minimum absolute atomic E-state index is 0.108. The van der Waals surface area contributed by atoms with Gasteiger partial charge in [0.2, 0.25) is 5.91 Å². The van der Waals surface area contributed by atoms with Gasteiger partial charge < -0.3 is 10.2 Å². The number of benzene rings is 1. The quantitative estimate of drug-likeness (QED) is 0.865. The van der Waals surface area contributed by atoms with Crippen molar-refractivity contribution in [2.75, 3.05) is 24.3 Å².